The Labute approximate surface area is 183 Å². The minimum atomic E-state index is -0.472. The average molecular weight is 418 g/mol. The SMILES string of the molecule is C=CCN(CC=C)C(=O)CN1C(=O)C(C)CN(C(=O)c2ccccc2)c2ccccc21. The number of hydrogen-bond acceptors (Lipinski definition) is 3. The molecule has 0 radical (unpaired) electrons. The molecular weight excluding hydrogens is 390 g/mol. The van der Waals surface area contributed by atoms with Crippen LogP contribution < -0.4 is 9.80 Å². The first-order valence-corrected chi connectivity index (χ1v) is 10.2. The molecule has 6 heteroatoms. The molecule has 1 atom stereocenters. The Bertz CT molecular complexity index is 977. The number of benzene rings is 2. The molecule has 0 aromatic heterocycles. The summed E-state index contributed by atoms with van der Waals surface area (Å²) in [5.74, 6) is -1.06. The standard InChI is InChI=1S/C25H27N3O3/c1-4-15-26(16-5-2)23(29)18-28-22-14-10-9-13-21(22)27(17-19(3)24(28)30)25(31)20-11-7-6-8-12-20/h4-14,19H,1-2,15-18H2,3H3. The quantitative estimate of drug-likeness (QED) is 0.648. The van der Waals surface area contributed by atoms with E-state index >= 15 is 0 Å². The van der Waals surface area contributed by atoms with Crippen LogP contribution in [-0.2, 0) is 9.59 Å². The van der Waals surface area contributed by atoms with E-state index < -0.39 is 5.92 Å². The van der Waals surface area contributed by atoms with Gasteiger partial charge in [0.25, 0.3) is 5.91 Å². The van der Waals surface area contributed by atoms with Crippen LogP contribution in [0.1, 0.15) is 17.3 Å². The van der Waals surface area contributed by atoms with Crippen molar-refractivity contribution < 1.29 is 14.4 Å². The predicted molar refractivity (Wildman–Crippen MR) is 123 cm³/mol. The summed E-state index contributed by atoms with van der Waals surface area (Å²) in [5.41, 5.74) is 1.71. The molecule has 0 saturated heterocycles. The van der Waals surface area contributed by atoms with E-state index in [-0.39, 0.29) is 30.8 Å². The first-order valence-electron chi connectivity index (χ1n) is 10.2. The smallest absolute Gasteiger partial charge is 0.258 e. The molecule has 2 aromatic carbocycles. The predicted octanol–water partition coefficient (Wildman–Crippen LogP) is 3.52. The van der Waals surface area contributed by atoms with Crippen molar-refractivity contribution >= 4 is 29.1 Å². The van der Waals surface area contributed by atoms with Gasteiger partial charge in [0, 0.05) is 25.2 Å². The second-order valence-corrected chi connectivity index (χ2v) is 7.47. The van der Waals surface area contributed by atoms with Gasteiger partial charge >= 0.3 is 0 Å². The van der Waals surface area contributed by atoms with Gasteiger partial charge < -0.3 is 14.7 Å². The van der Waals surface area contributed by atoms with Crippen molar-refractivity contribution in [2.75, 3.05) is 36.0 Å². The van der Waals surface area contributed by atoms with Crippen LogP contribution in [0.5, 0.6) is 0 Å². The van der Waals surface area contributed by atoms with Crippen molar-refractivity contribution in [1.29, 1.82) is 0 Å². The van der Waals surface area contributed by atoms with Gasteiger partial charge in [-0.25, -0.2) is 0 Å². The summed E-state index contributed by atoms with van der Waals surface area (Å²) in [6.45, 7) is 10.0. The van der Waals surface area contributed by atoms with Crippen molar-refractivity contribution in [3.05, 3.63) is 85.5 Å². The lowest BCUT2D eigenvalue weighted by atomic mass is 10.1. The topological polar surface area (TPSA) is 60.9 Å². The number of amides is 3. The molecule has 0 spiro atoms. The molecule has 6 nitrogen and oxygen atoms in total. The number of hydrogen-bond donors (Lipinski definition) is 0. The first-order chi connectivity index (χ1) is 15.0. The Morgan fingerprint density at radius 1 is 1.00 bits per heavy atom. The van der Waals surface area contributed by atoms with Crippen LogP contribution in [0.4, 0.5) is 11.4 Å². The Morgan fingerprint density at radius 2 is 1.58 bits per heavy atom. The normalized spacial score (nSPS) is 15.6. The molecule has 3 rings (SSSR count). The lowest BCUT2D eigenvalue weighted by molar-refractivity contribution is -0.131. The van der Waals surface area contributed by atoms with E-state index in [0.717, 1.165) is 0 Å². The van der Waals surface area contributed by atoms with Gasteiger partial charge in [0.1, 0.15) is 6.54 Å². The molecule has 0 aliphatic carbocycles. The van der Waals surface area contributed by atoms with Crippen LogP contribution in [0.2, 0.25) is 0 Å². The molecule has 1 unspecified atom stereocenters. The summed E-state index contributed by atoms with van der Waals surface area (Å²) >= 11 is 0. The monoisotopic (exact) mass is 417 g/mol. The van der Waals surface area contributed by atoms with E-state index in [1.54, 1.807) is 53.1 Å². The summed E-state index contributed by atoms with van der Waals surface area (Å²) < 4.78 is 0. The number of rotatable bonds is 7. The fourth-order valence-corrected chi connectivity index (χ4v) is 3.67. The Balaban J connectivity index is 1.99. The highest BCUT2D eigenvalue weighted by Gasteiger charge is 2.35. The summed E-state index contributed by atoms with van der Waals surface area (Å²) in [6, 6.07) is 16.2. The van der Waals surface area contributed by atoms with E-state index in [9.17, 15) is 14.4 Å². The zero-order chi connectivity index (χ0) is 22.4. The van der Waals surface area contributed by atoms with Gasteiger partial charge in [-0.05, 0) is 24.3 Å². The maximum atomic E-state index is 13.3. The van der Waals surface area contributed by atoms with Crippen molar-refractivity contribution in [2.24, 2.45) is 5.92 Å². The van der Waals surface area contributed by atoms with Crippen molar-refractivity contribution in [2.45, 2.75) is 6.92 Å². The molecule has 160 valence electrons. The number of carbonyl (C=O) groups excluding carboxylic acids is 3. The van der Waals surface area contributed by atoms with Crippen molar-refractivity contribution in [1.82, 2.24) is 4.90 Å². The summed E-state index contributed by atoms with van der Waals surface area (Å²) in [4.78, 5) is 44.2. The molecule has 1 aliphatic heterocycles. The van der Waals surface area contributed by atoms with E-state index in [1.807, 2.05) is 30.3 Å². The van der Waals surface area contributed by atoms with Crippen LogP contribution in [-0.4, -0.2) is 48.8 Å². The van der Waals surface area contributed by atoms with Crippen LogP contribution >= 0.6 is 0 Å². The molecule has 0 N–H and O–H groups in total. The second kappa shape index (κ2) is 9.89. The third-order valence-corrected chi connectivity index (χ3v) is 5.22. The third-order valence-electron chi connectivity index (χ3n) is 5.22. The van der Waals surface area contributed by atoms with Gasteiger partial charge in [-0.3, -0.25) is 14.4 Å². The summed E-state index contributed by atoms with van der Waals surface area (Å²) in [5, 5.41) is 0. The number of fused-ring (bicyclic) bond motifs is 1. The maximum absolute atomic E-state index is 13.3. The highest BCUT2D eigenvalue weighted by molar-refractivity contribution is 6.12. The fraction of sp³-hybridized carbons (Fsp3) is 0.240. The van der Waals surface area contributed by atoms with E-state index in [2.05, 4.69) is 13.2 Å². The van der Waals surface area contributed by atoms with Crippen LogP contribution in [0.3, 0.4) is 0 Å². The highest BCUT2D eigenvalue weighted by Crippen LogP contribution is 2.35. The molecule has 1 heterocycles. The molecule has 0 fully saturated rings. The van der Waals surface area contributed by atoms with Crippen LogP contribution in [0, 0.1) is 5.92 Å². The maximum Gasteiger partial charge on any atom is 0.258 e. The summed E-state index contributed by atoms with van der Waals surface area (Å²) in [6.07, 6.45) is 3.28. The Kier molecular flexibility index (Phi) is 7.03. The minimum Gasteiger partial charge on any atom is -0.334 e. The molecule has 3 amide bonds. The number of para-hydroxylation sites is 2. The zero-order valence-electron chi connectivity index (χ0n) is 17.7. The first kappa shape index (κ1) is 22.0. The molecule has 31 heavy (non-hydrogen) atoms. The molecule has 0 saturated carbocycles. The van der Waals surface area contributed by atoms with Crippen LogP contribution in [0.25, 0.3) is 0 Å². The second-order valence-electron chi connectivity index (χ2n) is 7.47. The van der Waals surface area contributed by atoms with Gasteiger partial charge in [-0.15, -0.1) is 13.2 Å². The number of carbonyl (C=O) groups is 3. The largest absolute Gasteiger partial charge is 0.334 e. The lowest BCUT2D eigenvalue weighted by Crippen LogP contribution is -2.45. The van der Waals surface area contributed by atoms with Crippen molar-refractivity contribution in [3.63, 3.8) is 0 Å². The van der Waals surface area contributed by atoms with E-state index in [1.165, 1.54) is 4.90 Å². The Hall–Kier alpha value is -3.67. The summed E-state index contributed by atoms with van der Waals surface area (Å²) in [7, 11) is 0. The van der Waals surface area contributed by atoms with E-state index in [4.69, 9.17) is 0 Å². The Morgan fingerprint density at radius 3 is 2.19 bits per heavy atom. The van der Waals surface area contributed by atoms with Gasteiger partial charge in [0.2, 0.25) is 11.8 Å². The van der Waals surface area contributed by atoms with Gasteiger partial charge in [-0.2, -0.15) is 0 Å². The van der Waals surface area contributed by atoms with Gasteiger partial charge in [-0.1, -0.05) is 49.4 Å². The number of anilines is 2. The average Bonchev–Trinajstić information content (AvgIpc) is 2.89. The zero-order valence-corrected chi connectivity index (χ0v) is 17.7. The molecule has 2 aromatic rings. The van der Waals surface area contributed by atoms with Gasteiger partial charge in [0.15, 0.2) is 0 Å². The molecule has 0 bridgehead atoms. The lowest BCUT2D eigenvalue weighted by Gasteiger charge is -2.27. The molecule has 1 aliphatic rings. The van der Waals surface area contributed by atoms with Gasteiger partial charge in [0.05, 0.1) is 17.3 Å². The van der Waals surface area contributed by atoms with Crippen molar-refractivity contribution in [3.8, 4) is 0 Å². The molecular formula is C25H27N3O3. The number of nitrogens with zero attached hydrogens (tertiary/aromatic N) is 3. The van der Waals surface area contributed by atoms with Crippen LogP contribution in [0.15, 0.2) is 79.9 Å². The minimum absolute atomic E-state index is 0.116. The highest BCUT2D eigenvalue weighted by atomic mass is 16.2. The van der Waals surface area contributed by atoms with E-state index in [0.29, 0.717) is 30.0 Å². The third kappa shape index (κ3) is 4.74. The fourth-order valence-electron chi connectivity index (χ4n) is 3.67.